The van der Waals surface area contributed by atoms with Crippen molar-refractivity contribution >= 4 is 0 Å². The first-order chi connectivity index (χ1) is 6.36. The van der Waals surface area contributed by atoms with E-state index in [1.807, 2.05) is 24.3 Å². The predicted molar refractivity (Wildman–Crippen MR) is 51.7 cm³/mol. The van der Waals surface area contributed by atoms with Crippen LogP contribution < -0.4 is 10.5 Å². The van der Waals surface area contributed by atoms with Crippen molar-refractivity contribution < 1.29 is 9.47 Å². The van der Waals surface area contributed by atoms with Crippen LogP contribution in [0, 0.1) is 0 Å². The number of rotatable bonds is 5. The molecular formula is C10H15NO2. The maximum absolute atomic E-state index is 5.30. The molecule has 0 radical (unpaired) electrons. The van der Waals surface area contributed by atoms with E-state index in [4.69, 9.17) is 15.2 Å². The van der Waals surface area contributed by atoms with E-state index in [9.17, 15) is 0 Å². The molecule has 0 atom stereocenters. The van der Waals surface area contributed by atoms with Gasteiger partial charge in [0.1, 0.15) is 5.75 Å². The minimum atomic E-state index is 0.559. The second kappa shape index (κ2) is 5.56. The van der Waals surface area contributed by atoms with E-state index in [0.29, 0.717) is 19.8 Å². The smallest absolute Gasteiger partial charge is 0.119 e. The lowest BCUT2D eigenvalue weighted by molar-refractivity contribution is 0.128. The van der Waals surface area contributed by atoms with Crippen LogP contribution in [-0.2, 0) is 11.3 Å². The van der Waals surface area contributed by atoms with Crippen LogP contribution >= 0.6 is 0 Å². The lowest BCUT2D eigenvalue weighted by Crippen LogP contribution is -2.08. The monoisotopic (exact) mass is 181 g/mol. The summed E-state index contributed by atoms with van der Waals surface area (Å²) >= 11 is 0. The van der Waals surface area contributed by atoms with E-state index in [-0.39, 0.29) is 0 Å². The van der Waals surface area contributed by atoms with Crippen molar-refractivity contribution in [2.24, 2.45) is 5.73 Å². The first kappa shape index (κ1) is 10.0. The lowest BCUT2D eigenvalue weighted by Gasteiger charge is -2.04. The Morgan fingerprint density at radius 3 is 2.92 bits per heavy atom. The molecule has 0 saturated carbocycles. The number of ether oxygens (including phenoxy) is 2. The summed E-state index contributed by atoms with van der Waals surface area (Å²) in [6.45, 7) is 1.75. The van der Waals surface area contributed by atoms with Gasteiger partial charge in [-0.25, -0.2) is 0 Å². The van der Waals surface area contributed by atoms with Crippen molar-refractivity contribution in [2.45, 2.75) is 6.61 Å². The van der Waals surface area contributed by atoms with Crippen LogP contribution in [0.25, 0.3) is 0 Å². The zero-order chi connectivity index (χ0) is 9.52. The minimum Gasteiger partial charge on any atom is -0.497 e. The molecule has 2 N–H and O–H groups in total. The molecule has 0 saturated heterocycles. The largest absolute Gasteiger partial charge is 0.497 e. The van der Waals surface area contributed by atoms with Gasteiger partial charge in [0.25, 0.3) is 0 Å². The third kappa shape index (κ3) is 3.44. The van der Waals surface area contributed by atoms with Crippen LogP contribution in [0.5, 0.6) is 5.75 Å². The number of methoxy groups -OCH3 is 1. The Morgan fingerprint density at radius 2 is 2.23 bits per heavy atom. The summed E-state index contributed by atoms with van der Waals surface area (Å²) in [5.41, 5.74) is 6.40. The Bertz CT molecular complexity index is 250. The highest BCUT2D eigenvalue weighted by Gasteiger charge is 1.94. The van der Waals surface area contributed by atoms with E-state index < -0.39 is 0 Å². The van der Waals surface area contributed by atoms with Gasteiger partial charge in [-0.05, 0) is 17.7 Å². The molecule has 0 aliphatic carbocycles. The molecule has 13 heavy (non-hydrogen) atoms. The molecule has 3 nitrogen and oxygen atoms in total. The molecule has 3 heteroatoms. The predicted octanol–water partition coefficient (Wildman–Crippen LogP) is 1.17. The maximum atomic E-state index is 5.30. The van der Waals surface area contributed by atoms with E-state index >= 15 is 0 Å². The standard InChI is InChI=1S/C10H15NO2/c1-12-10-4-2-3-9(7-10)8-13-6-5-11/h2-4,7H,5-6,8,11H2,1H3. The first-order valence-corrected chi connectivity index (χ1v) is 4.27. The molecule has 0 aliphatic heterocycles. The van der Waals surface area contributed by atoms with Crippen LogP contribution in [0.1, 0.15) is 5.56 Å². The molecule has 0 heterocycles. The molecule has 1 aromatic rings. The maximum Gasteiger partial charge on any atom is 0.119 e. The van der Waals surface area contributed by atoms with Crippen LogP contribution in [-0.4, -0.2) is 20.3 Å². The third-order valence-corrected chi connectivity index (χ3v) is 1.67. The van der Waals surface area contributed by atoms with Crippen molar-refractivity contribution in [1.82, 2.24) is 0 Å². The fourth-order valence-corrected chi connectivity index (χ4v) is 1.04. The molecule has 0 unspecified atom stereocenters. The van der Waals surface area contributed by atoms with E-state index in [2.05, 4.69) is 0 Å². The third-order valence-electron chi connectivity index (χ3n) is 1.67. The van der Waals surface area contributed by atoms with Gasteiger partial charge in [-0.2, -0.15) is 0 Å². The van der Waals surface area contributed by atoms with Gasteiger partial charge in [-0.3, -0.25) is 0 Å². The average molecular weight is 181 g/mol. The molecule has 1 rings (SSSR count). The second-order valence-electron chi connectivity index (χ2n) is 2.69. The van der Waals surface area contributed by atoms with E-state index in [1.54, 1.807) is 7.11 Å². The molecule has 0 spiro atoms. The minimum absolute atomic E-state index is 0.559. The Labute approximate surface area is 78.5 Å². The Hall–Kier alpha value is -1.06. The van der Waals surface area contributed by atoms with Gasteiger partial charge < -0.3 is 15.2 Å². The molecule has 0 fully saturated rings. The quantitative estimate of drug-likeness (QED) is 0.693. The Balaban J connectivity index is 2.46. The van der Waals surface area contributed by atoms with Crippen molar-refractivity contribution in [2.75, 3.05) is 20.3 Å². The van der Waals surface area contributed by atoms with Crippen molar-refractivity contribution in [3.8, 4) is 5.75 Å². The Morgan fingerprint density at radius 1 is 1.38 bits per heavy atom. The average Bonchev–Trinajstić information content (AvgIpc) is 2.19. The summed E-state index contributed by atoms with van der Waals surface area (Å²) in [5, 5.41) is 0. The fraction of sp³-hybridized carbons (Fsp3) is 0.400. The summed E-state index contributed by atoms with van der Waals surface area (Å²) in [6, 6.07) is 7.81. The second-order valence-corrected chi connectivity index (χ2v) is 2.69. The first-order valence-electron chi connectivity index (χ1n) is 4.27. The molecule has 0 aliphatic rings. The van der Waals surface area contributed by atoms with Crippen LogP contribution in [0.3, 0.4) is 0 Å². The molecule has 72 valence electrons. The van der Waals surface area contributed by atoms with Gasteiger partial charge in [0.2, 0.25) is 0 Å². The van der Waals surface area contributed by atoms with Gasteiger partial charge >= 0.3 is 0 Å². The Kier molecular flexibility index (Phi) is 4.29. The lowest BCUT2D eigenvalue weighted by atomic mass is 10.2. The number of nitrogens with two attached hydrogens (primary N) is 1. The molecule has 0 amide bonds. The van der Waals surface area contributed by atoms with Crippen molar-refractivity contribution in [3.05, 3.63) is 29.8 Å². The highest BCUT2D eigenvalue weighted by atomic mass is 16.5. The van der Waals surface area contributed by atoms with Crippen molar-refractivity contribution in [3.63, 3.8) is 0 Å². The molecule has 0 bridgehead atoms. The highest BCUT2D eigenvalue weighted by Crippen LogP contribution is 2.12. The SMILES string of the molecule is COc1cccc(COCCN)c1. The number of hydrogen-bond donors (Lipinski definition) is 1. The zero-order valence-corrected chi connectivity index (χ0v) is 7.82. The summed E-state index contributed by atoms with van der Waals surface area (Å²) in [6.07, 6.45) is 0. The fourth-order valence-electron chi connectivity index (χ4n) is 1.04. The van der Waals surface area contributed by atoms with Crippen LogP contribution in [0.2, 0.25) is 0 Å². The van der Waals surface area contributed by atoms with E-state index in [0.717, 1.165) is 11.3 Å². The highest BCUT2D eigenvalue weighted by molar-refractivity contribution is 5.27. The van der Waals surface area contributed by atoms with Gasteiger partial charge in [-0.1, -0.05) is 12.1 Å². The number of hydrogen-bond acceptors (Lipinski definition) is 3. The van der Waals surface area contributed by atoms with Gasteiger partial charge in [-0.15, -0.1) is 0 Å². The summed E-state index contributed by atoms with van der Waals surface area (Å²) in [5.74, 6) is 0.855. The topological polar surface area (TPSA) is 44.5 Å². The molecular weight excluding hydrogens is 166 g/mol. The summed E-state index contributed by atoms with van der Waals surface area (Å²) < 4.78 is 10.4. The van der Waals surface area contributed by atoms with E-state index in [1.165, 1.54) is 0 Å². The van der Waals surface area contributed by atoms with Gasteiger partial charge in [0.05, 0.1) is 20.3 Å². The van der Waals surface area contributed by atoms with Gasteiger partial charge in [0.15, 0.2) is 0 Å². The van der Waals surface area contributed by atoms with Crippen molar-refractivity contribution in [1.29, 1.82) is 0 Å². The van der Waals surface area contributed by atoms with Crippen LogP contribution in [0.4, 0.5) is 0 Å². The number of benzene rings is 1. The normalized spacial score (nSPS) is 10.0. The van der Waals surface area contributed by atoms with Crippen LogP contribution in [0.15, 0.2) is 24.3 Å². The van der Waals surface area contributed by atoms with Gasteiger partial charge in [0, 0.05) is 6.54 Å². The molecule has 1 aromatic carbocycles. The summed E-state index contributed by atoms with van der Waals surface area (Å²) in [4.78, 5) is 0. The summed E-state index contributed by atoms with van der Waals surface area (Å²) in [7, 11) is 1.65. The zero-order valence-electron chi connectivity index (χ0n) is 7.82. The molecule has 0 aromatic heterocycles.